The molecule has 0 fully saturated rings. The van der Waals surface area contributed by atoms with Gasteiger partial charge in [0.2, 0.25) is 0 Å². The molecule has 0 saturated carbocycles. The summed E-state index contributed by atoms with van der Waals surface area (Å²) < 4.78 is 12.9. The van der Waals surface area contributed by atoms with Crippen molar-refractivity contribution >= 4 is 12.0 Å². The molecule has 0 bridgehead atoms. The monoisotopic (exact) mass is 192 g/mol. The molecule has 72 valence electrons. The number of aromatic carboxylic acids is 1. The van der Waals surface area contributed by atoms with Crippen molar-refractivity contribution in [2.45, 2.75) is 12.8 Å². The van der Waals surface area contributed by atoms with E-state index < -0.39 is 5.97 Å². The molecule has 1 N–H and O–H groups in total. The number of allylic oxidation sites excluding steroid dienone is 1. The van der Waals surface area contributed by atoms with Crippen molar-refractivity contribution in [3.8, 4) is 0 Å². The lowest BCUT2D eigenvalue weighted by Gasteiger charge is -2.11. The van der Waals surface area contributed by atoms with Gasteiger partial charge in [-0.05, 0) is 35.8 Å². The van der Waals surface area contributed by atoms with E-state index in [1.165, 1.54) is 12.1 Å². The molecule has 0 unspecified atom stereocenters. The van der Waals surface area contributed by atoms with Crippen molar-refractivity contribution in [3.05, 3.63) is 40.7 Å². The summed E-state index contributed by atoms with van der Waals surface area (Å²) in [6, 6.07) is 4.76. The van der Waals surface area contributed by atoms with E-state index in [1.54, 1.807) is 12.1 Å². The third-order valence-electron chi connectivity index (χ3n) is 2.34. The smallest absolute Gasteiger partial charge is 0.335 e. The molecule has 1 aliphatic carbocycles. The van der Waals surface area contributed by atoms with Gasteiger partial charge in [-0.25, -0.2) is 9.18 Å². The van der Waals surface area contributed by atoms with Crippen molar-refractivity contribution < 1.29 is 14.3 Å². The fourth-order valence-corrected chi connectivity index (χ4v) is 1.59. The number of aryl methyl sites for hydroxylation is 1. The lowest BCUT2D eigenvalue weighted by atomic mass is 9.95. The summed E-state index contributed by atoms with van der Waals surface area (Å²) >= 11 is 0. The second-order valence-electron chi connectivity index (χ2n) is 3.31. The van der Waals surface area contributed by atoms with Crippen molar-refractivity contribution in [3.63, 3.8) is 0 Å². The van der Waals surface area contributed by atoms with Gasteiger partial charge in [0.15, 0.2) is 0 Å². The van der Waals surface area contributed by atoms with Gasteiger partial charge in [0, 0.05) is 6.42 Å². The predicted molar refractivity (Wildman–Crippen MR) is 50.8 cm³/mol. The molecule has 14 heavy (non-hydrogen) atoms. The van der Waals surface area contributed by atoms with Crippen molar-refractivity contribution in [2.75, 3.05) is 0 Å². The second kappa shape index (κ2) is 3.25. The predicted octanol–water partition coefficient (Wildman–Crippen LogP) is 2.64. The fraction of sp³-hybridized carbons (Fsp3) is 0.182. The van der Waals surface area contributed by atoms with Crippen LogP contribution in [0.5, 0.6) is 0 Å². The van der Waals surface area contributed by atoms with Crippen LogP contribution in [0.3, 0.4) is 0 Å². The van der Waals surface area contributed by atoms with Gasteiger partial charge in [-0.2, -0.15) is 0 Å². The van der Waals surface area contributed by atoms with Crippen molar-refractivity contribution in [2.24, 2.45) is 0 Å². The van der Waals surface area contributed by atoms with Crippen molar-refractivity contribution in [1.29, 1.82) is 0 Å². The third-order valence-corrected chi connectivity index (χ3v) is 2.34. The zero-order valence-electron chi connectivity index (χ0n) is 7.46. The summed E-state index contributed by atoms with van der Waals surface area (Å²) in [5, 5.41) is 8.75. The first kappa shape index (κ1) is 8.94. The molecule has 0 aliphatic heterocycles. The number of halogens is 1. The molecule has 0 heterocycles. The van der Waals surface area contributed by atoms with E-state index in [2.05, 4.69) is 0 Å². The molecule has 3 heteroatoms. The molecule has 2 rings (SSSR count). The molecule has 0 aromatic heterocycles. The zero-order valence-corrected chi connectivity index (χ0v) is 7.46. The number of carboxylic acids is 1. The highest BCUT2D eigenvalue weighted by atomic mass is 19.1. The van der Waals surface area contributed by atoms with Crippen LogP contribution in [0.15, 0.2) is 24.0 Å². The summed E-state index contributed by atoms with van der Waals surface area (Å²) in [7, 11) is 0. The van der Waals surface area contributed by atoms with E-state index >= 15 is 0 Å². The highest BCUT2D eigenvalue weighted by molar-refractivity contribution is 5.88. The molecule has 0 spiro atoms. The van der Waals surface area contributed by atoms with Crippen LogP contribution in [-0.4, -0.2) is 11.1 Å². The highest BCUT2D eigenvalue weighted by Gasteiger charge is 2.12. The van der Waals surface area contributed by atoms with Gasteiger partial charge in [0.25, 0.3) is 0 Å². The minimum absolute atomic E-state index is 0.138. The Bertz CT molecular complexity index is 421. The molecule has 0 atom stereocenters. The summed E-state index contributed by atoms with van der Waals surface area (Å²) in [5.74, 6) is -1.08. The average molecular weight is 192 g/mol. The number of carboxylic acid groups (broad SMARTS) is 1. The second-order valence-corrected chi connectivity index (χ2v) is 3.31. The summed E-state index contributed by atoms with van der Waals surface area (Å²) in [6.07, 6.45) is 2.42. The van der Waals surface area contributed by atoms with E-state index in [0.717, 1.165) is 11.1 Å². The number of fused-ring (bicyclic) bond motifs is 1. The maximum atomic E-state index is 12.9. The van der Waals surface area contributed by atoms with Gasteiger partial charge in [-0.3, -0.25) is 0 Å². The van der Waals surface area contributed by atoms with Crippen LogP contribution in [0.25, 0.3) is 6.08 Å². The van der Waals surface area contributed by atoms with E-state index in [4.69, 9.17) is 5.11 Å². The standard InChI is InChI=1S/C11H9FO2/c12-10-4-3-7-5-9(11(13)14)2-1-8(7)6-10/h1-2,5-6H,3-4H2,(H,13,14). The van der Waals surface area contributed by atoms with Crippen LogP contribution in [0, 0.1) is 0 Å². The van der Waals surface area contributed by atoms with Gasteiger partial charge in [-0.1, -0.05) is 6.07 Å². The van der Waals surface area contributed by atoms with Crippen molar-refractivity contribution in [1.82, 2.24) is 0 Å². The van der Waals surface area contributed by atoms with Crippen LogP contribution in [0.1, 0.15) is 27.9 Å². The number of carbonyl (C=O) groups is 1. The largest absolute Gasteiger partial charge is 0.478 e. The van der Waals surface area contributed by atoms with Crippen LogP contribution >= 0.6 is 0 Å². The fourth-order valence-electron chi connectivity index (χ4n) is 1.59. The quantitative estimate of drug-likeness (QED) is 0.742. The lowest BCUT2D eigenvalue weighted by molar-refractivity contribution is 0.0697. The maximum Gasteiger partial charge on any atom is 0.335 e. The zero-order chi connectivity index (χ0) is 10.1. The minimum atomic E-state index is -0.942. The summed E-state index contributed by atoms with van der Waals surface area (Å²) in [6.45, 7) is 0. The van der Waals surface area contributed by atoms with Crippen LogP contribution < -0.4 is 0 Å². The Morgan fingerprint density at radius 1 is 1.36 bits per heavy atom. The first-order valence-corrected chi connectivity index (χ1v) is 4.39. The molecule has 2 nitrogen and oxygen atoms in total. The van der Waals surface area contributed by atoms with Gasteiger partial charge in [0.1, 0.15) is 5.83 Å². The first-order valence-electron chi connectivity index (χ1n) is 4.39. The Morgan fingerprint density at radius 3 is 2.86 bits per heavy atom. The Morgan fingerprint density at radius 2 is 2.14 bits per heavy atom. The average Bonchev–Trinajstić information content (AvgIpc) is 2.16. The van der Waals surface area contributed by atoms with Gasteiger partial charge in [-0.15, -0.1) is 0 Å². The van der Waals surface area contributed by atoms with Gasteiger partial charge >= 0.3 is 5.97 Å². The highest BCUT2D eigenvalue weighted by Crippen LogP contribution is 2.25. The molecule has 1 aromatic rings. The number of hydrogen-bond donors (Lipinski definition) is 1. The molecule has 0 radical (unpaired) electrons. The third kappa shape index (κ3) is 1.53. The Hall–Kier alpha value is -1.64. The number of rotatable bonds is 1. The molecule has 1 aliphatic rings. The normalized spacial score (nSPS) is 14.5. The maximum absolute atomic E-state index is 12.9. The molecular weight excluding hydrogens is 183 g/mol. The topological polar surface area (TPSA) is 37.3 Å². The number of hydrogen-bond acceptors (Lipinski definition) is 1. The minimum Gasteiger partial charge on any atom is -0.478 e. The molecular formula is C11H9FO2. The molecule has 1 aromatic carbocycles. The summed E-state index contributed by atoms with van der Waals surface area (Å²) in [4.78, 5) is 10.7. The SMILES string of the molecule is O=C(O)c1ccc2c(c1)CCC(F)=C2. The van der Waals surface area contributed by atoms with Gasteiger partial charge in [0.05, 0.1) is 5.56 Å². The first-order chi connectivity index (χ1) is 6.66. The Labute approximate surface area is 80.7 Å². The lowest BCUT2D eigenvalue weighted by Crippen LogP contribution is -2.02. The van der Waals surface area contributed by atoms with Crippen LogP contribution in [0.2, 0.25) is 0 Å². The van der Waals surface area contributed by atoms with E-state index in [-0.39, 0.29) is 11.4 Å². The Balaban J connectivity index is 2.47. The van der Waals surface area contributed by atoms with Crippen LogP contribution in [-0.2, 0) is 6.42 Å². The summed E-state index contributed by atoms with van der Waals surface area (Å²) in [5.41, 5.74) is 1.96. The van der Waals surface area contributed by atoms with E-state index in [1.807, 2.05) is 0 Å². The van der Waals surface area contributed by atoms with Gasteiger partial charge < -0.3 is 5.11 Å². The van der Waals surface area contributed by atoms with E-state index in [9.17, 15) is 9.18 Å². The van der Waals surface area contributed by atoms with Crippen LogP contribution in [0.4, 0.5) is 4.39 Å². The van der Waals surface area contributed by atoms with E-state index in [0.29, 0.717) is 12.8 Å². The molecule has 0 amide bonds. The Kier molecular flexibility index (Phi) is 2.08. The number of benzene rings is 1. The molecule has 0 saturated heterocycles.